The van der Waals surface area contributed by atoms with E-state index >= 15 is 0 Å². The molecule has 0 N–H and O–H groups in total. The van der Waals surface area contributed by atoms with Crippen molar-refractivity contribution < 1.29 is 4.79 Å². The molecule has 1 aromatic rings. The number of carbonyl (C=O) groups excluding carboxylic acids is 1. The van der Waals surface area contributed by atoms with Crippen molar-refractivity contribution in [3.8, 4) is 0 Å². The van der Waals surface area contributed by atoms with Crippen LogP contribution in [0.4, 0.5) is 5.69 Å². The van der Waals surface area contributed by atoms with Gasteiger partial charge in [-0.15, -0.1) is 0 Å². The Hall–Kier alpha value is -1.42. The van der Waals surface area contributed by atoms with Gasteiger partial charge in [-0.25, -0.2) is 0 Å². The van der Waals surface area contributed by atoms with E-state index in [9.17, 15) is 4.79 Å². The summed E-state index contributed by atoms with van der Waals surface area (Å²) >= 11 is 5.58. The van der Waals surface area contributed by atoms with Crippen molar-refractivity contribution in [2.75, 3.05) is 11.4 Å². The second kappa shape index (κ2) is 5.92. The molecular weight excluding hydrogens is 268 g/mol. The molecule has 2 saturated heterocycles. The number of fused-ring (bicyclic) bond motifs is 1. The van der Waals surface area contributed by atoms with E-state index < -0.39 is 0 Å². The third-order valence-electron chi connectivity index (χ3n) is 4.21. The van der Waals surface area contributed by atoms with Crippen molar-refractivity contribution in [1.29, 1.82) is 0 Å². The van der Waals surface area contributed by atoms with Gasteiger partial charge in [-0.2, -0.15) is 0 Å². The number of hydrogen-bond acceptors (Lipinski definition) is 2. The first kappa shape index (κ1) is 13.6. The van der Waals surface area contributed by atoms with E-state index in [4.69, 9.17) is 12.2 Å². The summed E-state index contributed by atoms with van der Waals surface area (Å²) in [7, 11) is 0. The van der Waals surface area contributed by atoms with Gasteiger partial charge >= 0.3 is 0 Å². The van der Waals surface area contributed by atoms with Gasteiger partial charge in [-0.3, -0.25) is 9.69 Å². The maximum Gasteiger partial charge on any atom is 0.256 e. The fourth-order valence-electron chi connectivity index (χ4n) is 3.13. The molecule has 0 saturated carbocycles. The van der Waals surface area contributed by atoms with Crippen LogP contribution in [0.3, 0.4) is 0 Å². The summed E-state index contributed by atoms with van der Waals surface area (Å²) in [6, 6.07) is 9.73. The average molecular weight is 288 g/mol. The molecule has 0 aromatic heterocycles. The van der Waals surface area contributed by atoms with Crippen molar-refractivity contribution in [1.82, 2.24) is 4.90 Å². The molecule has 0 unspecified atom stereocenters. The van der Waals surface area contributed by atoms with Crippen LogP contribution in [0.25, 0.3) is 0 Å². The van der Waals surface area contributed by atoms with Crippen molar-refractivity contribution in [3.63, 3.8) is 0 Å². The molecule has 3 rings (SSSR count). The monoisotopic (exact) mass is 288 g/mol. The van der Waals surface area contributed by atoms with E-state index in [1.165, 1.54) is 19.3 Å². The van der Waals surface area contributed by atoms with Crippen LogP contribution >= 0.6 is 12.2 Å². The maximum atomic E-state index is 12.7. The Kier molecular flexibility index (Phi) is 4.01. The zero-order valence-electron chi connectivity index (χ0n) is 11.6. The van der Waals surface area contributed by atoms with E-state index in [0.717, 1.165) is 31.5 Å². The summed E-state index contributed by atoms with van der Waals surface area (Å²) in [4.78, 5) is 16.6. The SMILES string of the molecule is O=C1[C@@H]2CCCCCCCN2C(=S)N1c1ccccc1. The molecule has 0 radical (unpaired) electrons. The van der Waals surface area contributed by atoms with E-state index in [0.29, 0.717) is 5.11 Å². The van der Waals surface area contributed by atoms with Crippen molar-refractivity contribution in [2.24, 2.45) is 0 Å². The highest BCUT2D eigenvalue weighted by Gasteiger charge is 2.42. The quantitative estimate of drug-likeness (QED) is 0.741. The van der Waals surface area contributed by atoms with Crippen LogP contribution in [0.5, 0.6) is 0 Å². The van der Waals surface area contributed by atoms with Crippen LogP contribution in [0.1, 0.15) is 38.5 Å². The Bertz CT molecular complexity index is 476. The molecule has 1 aromatic carbocycles. The molecule has 0 aliphatic carbocycles. The zero-order valence-corrected chi connectivity index (χ0v) is 12.4. The third kappa shape index (κ3) is 2.44. The summed E-state index contributed by atoms with van der Waals surface area (Å²) in [6.07, 6.45) is 6.94. The minimum atomic E-state index is -0.0409. The van der Waals surface area contributed by atoms with Gasteiger partial charge in [0, 0.05) is 6.54 Å². The Labute approximate surface area is 125 Å². The molecule has 2 aliphatic heterocycles. The average Bonchev–Trinajstić information content (AvgIpc) is 2.77. The van der Waals surface area contributed by atoms with Gasteiger partial charge in [0.05, 0.1) is 5.69 Å². The molecule has 20 heavy (non-hydrogen) atoms. The summed E-state index contributed by atoms with van der Waals surface area (Å²) in [5.74, 6) is 0.156. The molecule has 106 valence electrons. The Morgan fingerprint density at radius 3 is 2.50 bits per heavy atom. The van der Waals surface area contributed by atoms with Crippen LogP contribution in [0, 0.1) is 0 Å². The lowest BCUT2D eigenvalue weighted by Crippen LogP contribution is -2.35. The molecule has 1 amide bonds. The number of hydrogen-bond donors (Lipinski definition) is 0. The summed E-state index contributed by atoms with van der Waals surface area (Å²) in [5.41, 5.74) is 0.895. The highest BCUT2D eigenvalue weighted by atomic mass is 32.1. The van der Waals surface area contributed by atoms with E-state index in [1.54, 1.807) is 4.90 Å². The van der Waals surface area contributed by atoms with E-state index in [-0.39, 0.29) is 11.9 Å². The molecule has 0 spiro atoms. The second-order valence-electron chi connectivity index (χ2n) is 5.56. The third-order valence-corrected chi connectivity index (χ3v) is 4.63. The van der Waals surface area contributed by atoms with E-state index in [1.807, 2.05) is 30.3 Å². The van der Waals surface area contributed by atoms with Gasteiger partial charge in [0.25, 0.3) is 5.91 Å². The first-order chi connectivity index (χ1) is 9.79. The lowest BCUT2D eigenvalue weighted by molar-refractivity contribution is -0.119. The topological polar surface area (TPSA) is 23.6 Å². The van der Waals surface area contributed by atoms with Gasteiger partial charge in [0.15, 0.2) is 5.11 Å². The normalized spacial score (nSPS) is 24.1. The number of carbonyl (C=O) groups is 1. The van der Waals surface area contributed by atoms with Crippen molar-refractivity contribution in [2.45, 2.75) is 44.6 Å². The first-order valence-electron chi connectivity index (χ1n) is 7.48. The van der Waals surface area contributed by atoms with Gasteiger partial charge in [0.1, 0.15) is 6.04 Å². The molecule has 2 aliphatic rings. The van der Waals surface area contributed by atoms with Gasteiger partial charge in [-0.1, -0.05) is 43.9 Å². The van der Waals surface area contributed by atoms with E-state index in [2.05, 4.69) is 4.90 Å². The van der Waals surface area contributed by atoms with Crippen LogP contribution < -0.4 is 4.90 Å². The zero-order chi connectivity index (χ0) is 13.9. The second-order valence-corrected chi connectivity index (χ2v) is 5.92. The summed E-state index contributed by atoms with van der Waals surface area (Å²) in [5, 5.41) is 0.688. The van der Waals surface area contributed by atoms with Gasteiger partial charge in [-0.05, 0) is 37.2 Å². The fourth-order valence-corrected chi connectivity index (χ4v) is 3.55. The van der Waals surface area contributed by atoms with Gasteiger partial charge < -0.3 is 4.90 Å². The molecule has 2 heterocycles. The highest BCUT2D eigenvalue weighted by Crippen LogP contribution is 2.29. The number of anilines is 1. The Morgan fingerprint density at radius 2 is 1.70 bits per heavy atom. The number of amides is 1. The minimum absolute atomic E-state index is 0.0409. The largest absolute Gasteiger partial charge is 0.336 e. The lowest BCUT2D eigenvalue weighted by atomic mass is 10.1. The molecule has 0 bridgehead atoms. The predicted octanol–water partition coefficient (Wildman–Crippen LogP) is 3.34. The molecule has 3 nitrogen and oxygen atoms in total. The number of nitrogens with zero attached hydrogens (tertiary/aromatic N) is 2. The Balaban J connectivity index is 1.88. The standard InChI is InChI=1S/C16H20N2OS/c19-15-14-11-7-2-1-3-8-12-17(14)16(20)18(15)13-9-5-4-6-10-13/h4-6,9-10,14H,1-3,7-8,11-12H2/t14-/m0/s1. The minimum Gasteiger partial charge on any atom is -0.336 e. The maximum absolute atomic E-state index is 12.7. The molecular formula is C16H20N2OS. The molecule has 1 atom stereocenters. The van der Waals surface area contributed by atoms with Crippen molar-refractivity contribution >= 4 is 28.9 Å². The number of rotatable bonds is 1. The smallest absolute Gasteiger partial charge is 0.256 e. The van der Waals surface area contributed by atoms with Crippen LogP contribution in [0.2, 0.25) is 0 Å². The first-order valence-corrected chi connectivity index (χ1v) is 7.89. The van der Waals surface area contributed by atoms with Crippen molar-refractivity contribution in [3.05, 3.63) is 30.3 Å². The summed E-state index contributed by atoms with van der Waals surface area (Å²) in [6.45, 7) is 0.915. The molecule has 2 fully saturated rings. The summed E-state index contributed by atoms with van der Waals surface area (Å²) < 4.78 is 0. The number of para-hydroxylation sites is 1. The van der Waals surface area contributed by atoms with Crippen LogP contribution in [0.15, 0.2) is 30.3 Å². The Morgan fingerprint density at radius 1 is 1.00 bits per heavy atom. The highest BCUT2D eigenvalue weighted by molar-refractivity contribution is 7.80. The fraction of sp³-hybridized carbons (Fsp3) is 0.500. The number of thiocarbonyl (C=S) groups is 1. The molecule has 4 heteroatoms. The van der Waals surface area contributed by atoms with Crippen LogP contribution in [-0.4, -0.2) is 28.5 Å². The predicted molar refractivity (Wildman–Crippen MR) is 84.7 cm³/mol. The van der Waals surface area contributed by atoms with Gasteiger partial charge in [0.2, 0.25) is 0 Å². The van der Waals surface area contributed by atoms with Crippen LogP contribution in [-0.2, 0) is 4.79 Å². The number of benzene rings is 1. The lowest BCUT2D eigenvalue weighted by Gasteiger charge is -2.23.